The zero-order valence-electron chi connectivity index (χ0n) is 12.5. The van der Waals surface area contributed by atoms with Gasteiger partial charge in [-0.2, -0.15) is 0 Å². The average Bonchev–Trinajstić information content (AvgIpc) is 3.16. The van der Waals surface area contributed by atoms with Gasteiger partial charge in [-0.1, -0.05) is 18.2 Å². The third-order valence-electron chi connectivity index (χ3n) is 4.75. The van der Waals surface area contributed by atoms with E-state index in [0.29, 0.717) is 12.1 Å². The molecule has 3 rings (SSSR count). The summed E-state index contributed by atoms with van der Waals surface area (Å²) >= 11 is 0. The maximum atomic E-state index is 5.57. The minimum absolute atomic E-state index is 0.397. The molecule has 3 heteroatoms. The highest BCUT2D eigenvalue weighted by Gasteiger charge is 2.26. The second kappa shape index (κ2) is 6.59. The SMILES string of the molecule is COC1CCCC1NCc1ccccc1N1CCCC1. The van der Waals surface area contributed by atoms with Crippen LogP contribution in [-0.2, 0) is 11.3 Å². The Hall–Kier alpha value is -1.06. The zero-order chi connectivity index (χ0) is 13.8. The van der Waals surface area contributed by atoms with Gasteiger partial charge in [-0.15, -0.1) is 0 Å². The number of nitrogens with zero attached hydrogens (tertiary/aromatic N) is 1. The predicted octanol–water partition coefficient (Wildman–Crippen LogP) is 2.94. The molecule has 2 atom stereocenters. The summed E-state index contributed by atoms with van der Waals surface area (Å²) in [5, 5.41) is 3.71. The van der Waals surface area contributed by atoms with Gasteiger partial charge < -0.3 is 15.0 Å². The van der Waals surface area contributed by atoms with Gasteiger partial charge in [0.25, 0.3) is 0 Å². The average molecular weight is 274 g/mol. The van der Waals surface area contributed by atoms with E-state index in [2.05, 4.69) is 34.5 Å². The summed E-state index contributed by atoms with van der Waals surface area (Å²) in [5.41, 5.74) is 2.85. The first-order chi connectivity index (χ1) is 9.88. The molecule has 0 spiro atoms. The minimum atomic E-state index is 0.397. The summed E-state index contributed by atoms with van der Waals surface area (Å²) in [7, 11) is 1.84. The largest absolute Gasteiger partial charge is 0.380 e. The highest BCUT2D eigenvalue weighted by Crippen LogP contribution is 2.26. The van der Waals surface area contributed by atoms with E-state index in [1.807, 2.05) is 7.11 Å². The molecule has 1 heterocycles. The summed E-state index contributed by atoms with van der Waals surface area (Å²) in [6, 6.07) is 9.36. The molecule has 0 bridgehead atoms. The molecule has 1 N–H and O–H groups in total. The maximum absolute atomic E-state index is 5.57. The van der Waals surface area contributed by atoms with E-state index in [1.165, 1.54) is 56.4 Å². The summed E-state index contributed by atoms with van der Waals surface area (Å²) in [6.07, 6.45) is 6.77. The van der Waals surface area contributed by atoms with Crippen molar-refractivity contribution in [1.82, 2.24) is 5.32 Å². The first kappa shape index (κ1) is 13.9. The summed E-state index contributed by atoms with van der Waals surface area (Å²) in [6.45, 7) is 3.37. The fourth-order valence-electron chi connectivity index (χ4n) is 3.61. The van der Waals surface area contributed by atoms with Crippen molar-refractivity contribution in [3.63, 3.8) is 0 Å². The third kappa shape index (κ3) is 2.99. The first-order valence-electron chi connectivity index (χ1n) is 7.97. The van der Waals surface area contributed by atoms with Crippen LogP contribution in [0.3, 0.4) is 0 Å². The van der Waals surface area contributed by atoms with Gasteiger partial charge in [0.2, 0.25) is 0 Å². The summed E-state index contributed by atoms with van der Waals surface area (Å²) in [4.78, 5) is 2.53. The number of hydrogen-bond donors (Lipinski definition) is 1. The Labute approximate surface area is 122 Å². The maximum Gasteiger partial charge on any atom is 0.0724 e. The van der Waals surface area contributed by atoms with Crippen molar-refractivity contribution in [3.05, 3.63) is 29.8 Å². The molecule has 1 saturated carbocycles. The third-order valence-corrected chi connectivity index (χ3v) is 4.75. The van der Waals surface area contributed by atoms with E-state index in [4.69, 9.17) is 4.74 Å². The van der Waals surface area contributed by atoms with Crippen LogP contribution in [0.15, 0.2) is 24.3 Å². The molecular weight excluding hydrogens is 248 g/mol. The van der Waals surface area contributed by atoms with E-state index in [9.17, 15) is 0 Å². The lowest BCUT2D eigenvalue weighted by molar-refractivity contribution is 0.0847. The van der Waals surface area contributed by atoms with Crippen molar-refractivity contribution in [2.45, 2.75) is 50.8 Å². The fraction of sp³-hybridized carbons (Fsp3) is 0.647. The second-order valence-electron chi connectivity index (χ2n) is 6.02. The number of hydrogen-bond acceptors (Lipinski definition) is 3. The Morgan fingerprint density at radius 3 is 2.75 bits per heavy atom. The standard InChI is InChI=1S/C17H26N2O/c1-20-17-10-6-8-15(17)18-13-14-7-2-3-9-16(14)19-11-4-5-12-19/h2-3,7,9,15,17-18H,4-6,8,10-13H2,1H3. The van der Waals surface area contributed by atoms with Crippen molar-refractivity contribution < 1.29 is 4.74 Å². The Morgan fingerprint density at radius 1 is 1.15 bits per heavy atom. The lowest BCUT2D eigenvalue weighted by atomic mass is 10.1. The smallest absolute Gasteiger partial charge is 0.0724 e. The van der Waals surface area contributed by atoms with Crippen LogP contribution in [-0.4, -0.2) is 32.3 Å². The van der Waals surface area contributed by atoms with E-state index >= 15 is 0 Å². The normalized spacial score (nSPS) is 26.4. The van der Waals surface area contributed by atoms with Gasteiger partial charge >= 0.3 is 0 Å². The van der Waals surface area contributed by atoms with E-state index < -0.39 is 0 Å². The van der Waals surface area contributed by atoms with Gasteiger partial charge in [0, 0.05) is 38.5 Å². The summed E-state index contributed by atoms with van der Waals surface area (Å²) < 4.78 is 5.57. The highest BCUT2D eigenvalue weighted by molar-refractivity contribution is 5.54. The lowest BCUT2D eigenvalue weighted by Gasteiger charge is -2.24. The molecular formula is C17H26N2O. The first-order valence-corrected chi connectivity index (χ1v) is 7.97. The molecule has 1 aromatic carbocycles. The number of anilines is 1. The number of nitrogens with one attached hydrogen (secondary N) is 1. The number of benzene rings is 1. The quantitative estimate of drug-likeness (QED) is 0.893. The van der Waals surface area contributed by atoms with Crippen LogP contribution >= 0.6 is 0 Å². The van der Waals surface area contributed by atoms with Gasteiger partial charge in [-0.05, 0) is 43.7 Å². The van der Waals surface area contributed by atoms with Crippen LogP contribution < -0.4 is 10.2 Å². The molecule has 2 aliphatic rings. The van der Waals surface area contributed by atoms with Crippen LogP contribution in [0.4, 0.5) is 5.69 Å². The zero-order valence-corrected chi connectivity index (χ0v) is 12.5. The molecule has 0 amide bonds. The molecule has 110 valence electrons. The molecule has 1 aromatic rings. The van der Waals surface area contributed by atoms with Crippen LogP contribution in [0.5, 0.6) is 0 Å². The highest BCUT2D eigenvalue weighted by atomic mass is 16.5. The molecule has 20 heavy (non-hydrogen) atoms. The van der Waals surface area contributed by atoms with Gasteiger partial charge in [0.05, 0.1) is 6.10 Å². The number of para-hydroxylation sites is 1. The Kier molecular flexibility index (Phi) is 4.58. The molecule has 0 aromatic heterocycles. The predicted molar refractivity (Wildman–Crippen MR) is 83.2 cm³/mol. The molecule has 2 unspecified atom stereocenters. The van der Waals surface area contributed by atoms with E-state index in [1.54, 1.807) is 0 Å². The fourth-order valence-corrected chi connectivity index (χ4v) is 3.61. The van der Waals surface area contributed by atoms with Crippen molar-refractivity contribution in [2.75, 3.05) is 25.1 Å². The van der Waals surface area contributed by atoms with Gasteiger partial charge in [0.15, 0.2) is 0 Å². The van der Waals surface area contributed by atoms with E-state index in [-0.39, 0.29) is 0 Å². The lowest BCUT2D eigenvalue weighted by Crippen LogP contribution is -2.36. The van der Waals surface area contributed by atoms with E-state index in [0.717, 1.165) is 6.54 Å². The Morgan fingerprint density at radius 2 is 1.95 bits per heavy atom. The van der Waals surface area contributed by atoms with Crippen molar-refractivity contribution in [2.24, 2.45) is 0 Å². The molecule has 0 radical (unpaired) electrons. The number of methoxy groups -OCH3 is 1. The van der Waals surface area contributed by atoms with Crippen molar-refractivity contribution >= 4 is 5.69 Å². The van der Waals surface area contributed by atoms with Crippen LogP contribution in [0.2, 0.25) is 0 Å². The Bertz CT molecular complexity index is 429. The number of rotatable bonds is 5. The van der Waals surface area contributed by atoms with Gasteiger partial charge in [0.1, 0.15) is 0 Å². The summed E-state index contributed by atoms with van der Waals surface area (Å²) in [5.74, 6) is 0. The van der Waals surface area contributed by atoms with Crippen LogP contribution in [0.1, 0.15) is 37.7 Å². The van der Waals surface area contributed by atoms with Crippen LogP contribution in [0.25, 0.3) is 0 Å². The van der Waals surface area contributed by atoms with Gasteiger partial charge in [-0.3, -0.25) is 0 Å². The molecule has 1 aliphatic heterocycles. The van der Waals surface area contributed by atoms with Crippen molar-refractivity contribution in [3.8, 4) is 0 Å². The topological polar surface area (TPSA) is 24.5 Å². The monoisotopic (exact) mass is 274 g/mol. The molecule has 1 aliphatic carbocycles. The molecule has 1 saturated heterocycles. The molecule has 3 nitrogen and oxygen atoms in total. The van der Waals surface area contributed by atoms with Crippen molar-refractivity contribution in [1.29, 1.82) is 0 Å². The second-order valence-corrected chi connectivity index (χ2v) is 6.02. The Balaban J connectivity index is 1.65. The minimum Gasteiger partial charge on any atom is -0.380 e. The molecule has 2 fully saturated rings. The van der Waals surface area contributed by atoms with Crippen LogP contribution in [0, 0.1) is 0 Å². The van der Waals surface area contributed by atoms with Gasteiger partial charge in [-0.25, -0.2) is 0 Å². The number of ether oxygens (including phenoxy) is 1.